The minimum absolute atomic E-state index is 0.0505. The Balaban J connectivity index is 1.80. The van der Waals surface area contributed by atoms with Crippen molar-refractivity contribution < 1.29 is 9.94 Å². The van der Waals surface area contributed by atoms with Gasteiger partial charge in [-0.3, -0.25) is 0 Å². The average Bonchev–Trinajstić information content (AvgIpc) is 2.88. The van der Waals surface area contributed by atoms with Gasteiger partial charge in [-0.1, -0.05) is 42.2 Å². The van der Waals surface area contributed by atoms with Crippen molar-refractivity contribution in [3.8, 4) is 0 Å². The van der Waals surface area contributed by atoms with Crippen LogP contribution >= 0.6 is 11.6 Å². The van der Waals surface area contributed by atoms with Crippen LogP contribution in [0.1, 0.15) is 31.7 Å². The van der Waals surface area contributed by atoms with Crippen LogP contribution in [-0.2, 0) is 4.84 Å². The van der Waals surface area contributed by atoms with Crippen LogP contribution in [0.4, 0.5) is 0 Å². The normalized spacial score (nSPS) is 19.5. The number of halogens is 1. The Labute approximate surface area is 131 Å². The first-order valence-electron chi connectivity index (χ1n) is 7.43. The van der Waals surface area contributed by atoms with Gasteiger partial charge in [-0.15, -0.1) is 0 Å². The summed E-state index contributed by atoms with van der Waals surface area (Å²) < 4.78 is 0. The lowest BCUT2D eigenvalue weighted by molar-refractivity contribution is 0.0427. The molecule has 0 fully saturated rings. The molecule has 1 aromatic rings. The van der Waals surface area contributed by atoms with Gasteiger partial charge >= 0.3 is 0 Å². The number of nitrogens with zero attached hydrogens (tertiary/aromatic N) is 2. The Morgan fingerprint density at radius 3 is 2.81 bits per heavy atom. The maximum absolute atomic E-state index is 9.83. The van der Waals surface area contributed by atoms with E-state index in [4.69, 9.17) is 16.4 Å². The Kier molecular flexibility index (Phi) is 6.03. The number of hydrogen-bond acceptors (Lipinski definition) is 4. The van der Waals surface area contributed by atoms with Gasteiger partial charge in [0.05, 0.1) is 11.8 Å². The fourth-order valence-corrected chi connectivity index (χ4v) is 2.67. The SMILES string of the molecule is CCCC(O)CN(C)CC1CC(c2ccc(Cl)cc2)=NO1. The number of benzene rings is 1. The molecule has 0 radical (unpaired) electrons. The molecule has 1 aliphatic rings. The van der Waals surface area contributed by atoms with Crippen LogP contribution in [0, 0.1) is 0 Å². The molecule has 0 bridgehead atoms. The fourth-order valence-electron chi connectivity index (χ4n) is 2.55. The predicted molar refractivity (Wildman–Crippen MR) is 85.9 cm³/mol. The molecule has 0 spiro atoms. The van der Waals surface area contributed by atoms with Crippen molar-refractivity contribution in [1.29, 1.82) is 0 Å². The van der Waals surface area contributed by atoms with Crippen molar-refractivity contribution in [2.75, 3.05) is 20.1 Å². The molecule has 0 saturated heterocycles. The number of oxime groups is 1. The summed E-state index contributed by atoms with van der Waals surface area (Å²) in [5.41, 5.74) is 2.01. The highest BCUT2D eigenvalue weighted by Gasteiger charge is 2.24. The summed E-state index contributed by atoms with van der Waals surface area (Å²) in [6.07, 6.45) is 2.41. The number of rotatable bonds is 7. The van der Waals surface area contributed by atoms with Gasteiger partial charge in [-0.2, -0.15) is 0 Å². The molecule has 0 aromatic heterocycles. The molecule has 116 valence electrons. The third-order valence-electron chi connectivity index (χ3n) is 3.57. The fraction of sp³-hybridized carbons (Fsp3) is 0.562. The number of likely N-dealkylation sites (N-methyl/N-ethyl adjacent to an activating group) is 1. The lowest BCUT2D eigenvalue weighted by Gasteiger charge is -2.22. The first-order chi connectivity index (χ1) is 10.1. The lowest BCUT2D eigenvalue weighted by atomic mass is 10.0. The van der Waals surface area contributed by atoms with Crippen LogP contribution < -0.4 is 0 Å². The van der Waals surface area contributed by atoms with Gasteiger partial charge < -0.3 is 14.8 Å². The molecule has 4 nitrogen and oxygen atoms in total. The van der Waals surface area contributed by atoms with E-state index in [2.05, 4.69) is 17.0 Å². The number of aliphatic hydroxyl groups excluding tert-OH is 1. The van der Waals surface area contributed by atoms with Crippen LogP contribution in [-0.4, -0.2) is 48.1 Å². The van der Waals surface area contributed by atoms with Crippen molar-refractivity contribution in [3.63, 3.8) is 0 Å². The standard InChI is InChI=1S/C16H23ClN2O2/c1-3-4-14(20)10-19(2)11-15-9-16(18-21-15)12-5-7-13(17)8-6-12/h5-8,14-15,20H,3-4,9-11H2,1-2H3. The van der Waals surface area contributed by atoms with Crippen molar-refractivity contribution in [3.05, 3.63) is 34.9 Å². The van der Waals surface area contributed by atoms with Crippen LogP contribution in [0.15, 0.2) is 29.4 Å². The minimum atomic E-state index is -0.266. The first kappa shape index (κ1) is 16.3. The van der Waals surface area contributed by atoms with Crippen molar-refractivity contribution in [2.45, 2.75) is 38.4 Å². The second-order valence-corrected chi connectivity index (χ2v) is 6.08. The van der Waals surface area contributed by atoms with Crippen LogP contribution in [0.25, 0.3) is 0 Å². The van der Waals surface area contributed by atoms with Gasteiger partial charge in [0.2, 0.25) is 0 Å². The van der Waals surface area contributed by atoms with Gasteiger partial charge in [-0.25, -0.2) is 0 Å². The molecule has 1 aromatic carbocycles. The molecule has 0 saturated carbocycles. The quantitative estimate of drug-likeness (QED) is 0.842. The molecule has 0 aliphatic carbocycles. The largest absolute Gasteiger partial charge is 0.392 e. The lowest BCUT2D eigenvalue weighted by Crippen LogP contribution is -2.35. The van der Waals surface area contributed by atoms with E-state index >= 15 is 0 Å². The topological polar surface area (TPSA) is 45.1 Å². The number of aliphatic hydroxyl groups is 1. The summed E-state index contributed by atoms with van der Waals surface area (Å²) in [4.78, 5) is 7.60. The van der Waals surface area contributed by atoms with E-state index in [1.165, 1.54) is 0 Å². The Hall–Kier alpha value is -1.10. The maximum Gasteiger partial charge on any atom is 0.145 e. The highest BCUT2D eigenvalue weighted by atomic mass is 35.5. The molecule has 1 N–H and O–H groups in total. The first-order valence-corrected chi connectivity index (χ1v) is 7.81. The van der Waals surface area contributed by atoms with Crippen molar-refractivity contribution in [1.82, 2.24) is 4.90 Å². The van der Waals surface area contributed by atoms with E-state index in [0.29, 0.717) is 6.54 Å². The highest BCUT2D eigenvalue weighted by Crippen LogP contribution is 2.19. The minimum Gasteiger partial charge on any atom is -0.392 e. The summed E-state index contributed by atoms with van der Waals surface area (Å²) in [5, 5.41) is 14.7. The number of hydrogen-bond donors (Lipinski definition) is 1. The summed E-state index contributed by atoms with van der Waals surface area (Å²) >= 11 is 5.89. The summed E-state index contributed by atoms with van der Waals surface area (Å²) in [6, 6.07) is 7.64. The Bertz CT molecular complexity index is 476. The maximum atomic E-state index is 9.83. The summed E-state index contributed by atoms with van der Waals surface area (Å²) in [6.45, 7) is 3.51. The van der Waals surface area contributed by atoms with Gasteiger partial charge in [0.1, 0.15) is 6.10 Å². The van der Waals surface area contributed by atoms with E-state index in [1.807, 2.05) is 31.3 Å². The third kappa shape index (κ3) is 4.99. The smallest absolute Gasteiger partial charge is 0.145 e. The molecular weight excluding hydrogens is 288 g/mol. The van der Waals surface area contributed by atoms with E-state index < -0.39 is 0 Å². The van der Waals surface area contributed by atoms with Gasteiger partial charge in [-0.05, 0) is 31.2 Å². The zero-order chi connectivity index (χ0) is 15.2. The van der Waals surface area contributed by atoms with Gasteiger partial charge in [0, 0.05) is 24.5 Å². The molecular formula is C16H23ClN2O2. The molecule has 2 atom stereocenters. The van der Waals surface area contributed by atoms with E-state index in [-0.39, 0.29) is 12.2 Å². The Morgan fingerprint density at radius 2 is 2.14 bits per heavy atom. The Morgan fingerprint density at radius 1 is 1.43 bits per heavy atom. The van der Waals surface area contributed by atoms with Crippen LogP contribution in [0.2, 0.25) is 5.02 Å². The second-order valence-electron chi connectivity index (χ2n) is 5.64. The molecule has 5 heteroatoms. The van der Waals surface area contributed by atoms with Crippen LogP contribution in [0.3, 0.4) is 0 Å². The molecule has 2 unspecified atom stereocenters. The van der Waals surface area contributed by atoms with Crippen molar-refractivity contribution in [2.24, 2.45) is 5.16 Å². The monoisotopic (exact) mass is 310 g/mol. The molecule has 1 aliphatic heterocycles. The van der Waals surface area contributed by atoms with Gasteiger partial charge in [0.25, 0.3) is 0 Å². The molecule has 1 heterocycles. The van der Waals surface area contributed by atoms with Gasteiger partial charge in [0.15, 0.2) is 0 Å². The highest BCUT2D eigenvalue weighted by molar-refractivity contribution is 6.30. The van der Waals surface area contributed by atoms with Crippen molar-refractivity contribution >= 4 is 17.3 Å². The predicted octanol–water partition coefficient (Wildman–Crippen LogP) is 2.93. The zero-order valence-corrected chi connectivity index (χ0v) is 13.4. The van der Waals surface area contributed by atoms with E-state index in [9.17, 15) is 5.11 Å². The summed E-state index contributed by atoms with van der Waals surface area (Å²) in [5.74, 6) is 0. The zero-order valence-electron chi connectivity index (χ0n) is 12.6. The second kappa shape index (κ2) is 7.78. The van der Waals surface area contributed by atoms with E-state index in [1.54, 1.807) is 0 Å². The van der Waals surface area contributed by atoms with E-state index in [0.717, 1.165) is 42.1 Å². The summed E-state index contributed by atoms with van der Waals surface area (Å²) in [7, 11) is 2.00. The molecule has 0 amide bonds. The third-order valence-corrected chi connectivity index (χ3v) is 3.82. The molecule has 21 heavy (non-hydrogen) atoms. The molecule has 2 rings (SSSR count). The van der Waals surface area contributed by atoms with Crippen LogP contribution in [0.5, 0.6) is 0 Å². The average molecular weight is 311 g/mol.